The molecule has 14 heavy (non-hydrogen) atoms. The Bertz CT molecular complexity index is 306. The average molecular weight is 199 g/mol. The van der Waals surface area contributed by atoms with Gasteiger partial charge in [-0.25, -0.2) is 4.79 Å². The number of carboxylic acid groups (broad SMARTS) is 1. The quantitative estimate of drug-likeness (QED) is 0.774. The third-order valence-corrected chi connectivity index (χ3v) is 1.49. The standard InChI is InChI=1S/C9H13NO4/c1-6(2)3-7-4-8(10-14-7)13-5-9(11)12/h4,6H,3,5H2,1-2H3,(H,11,12). The summed E-state index contributed by atoms with van der Waals surface area (Å²) < 4.78 is 9.77. The first-order valence-electron chi connectivity index (χ1n) is 4.38. The van der Waals surface area contributed by atoms with E-state index in [1.807, 2.05) is 0 Å². The minimum atomic E-state index is -1.03. The van der Waals surface area contributed by atoms with Crippen molar-refractivity contribution >= 4 is 5.97 Å². The zero-order chi connectivity index (χ0) is 10.6. The lowest BCUT2D eigenvalue weighted by molar-refractivity contribution is -0.139. The van der Waals surface area contributed by atoms with Crippen molar-refractivity contribution < 1.29 is 19.2 Å². The van der Waals surface area contributed by atoms with E-state index in [9.17, 15) is 4.79 Å². The molecule has 0 amide bonds. The Balaban J connectivity index is 2.46. The first-order chi connectivity index (χ1) is 6.58. The van der Waals surface area contributed by atoms with Crippen molar-refractivity contribution in [3.8, 4) is 5.88 Å². The van der Waals surface area contributed by atoms with E-state index in [2.05, 4.69) is 19.0 Å². The molecule has 1 aromatic heterocycles. The Morgan fingerprint density at radius 2 is 2.43 bits per heavy atom. The summed E-state index contributed by atoms with van der Waals surface area (Å²) in [5, 5.41) is 11.9. The Morgan fingerprint density at radius 1 is 1.71 bits per heavy atom. The number of aliphatic carboxylic acids is 1. The van der Waals surface area contributed by atoms with Crippen LogP contribution in [-0.2, 0) is 11.2 Å². The maximum absolute atomic E-state index is 10.2. The van der Waals surface area contributed by atoms with Gasteiger partial charge in [-0.1, -0.05) is 13.8 Å². The number of hydrogen-bond acceptors (Lipinski definition) is 4. The molecule has 1 heterocycles. The number of ether oxygens (including phenoxy) is 1. The van der Waals surface area contributed by atoms with E-state index in [0.717, 1.165) is 6.42 Å². The molecule has 5 nitrogen and oxygen atoms in total. The zero-order valence-electron chi connectivity index (χ0n) is 8.19. The largest absolute Gasteiger partial charge is 0.479 e. The summed E-state index contributed by atoms with van der Waals surface area (Å²) in [7, 11) is 0. The fourth-order valence-corrected chi connectivity index (χ4v) is 0.996. The van der Waals surface area contributed by atoms with Gasteiger partial charge in [0, 0.05) is 12.5 Å². The molecule has 0 saturated carbocycles. The van der Waals surface area contributed by atoms with Crippen molar-refractivity contribution in [3.63, 3.8) is 0 Å². The molecule has 78 valence electrons. The van der Waals surface area contributed by atoms with Gasteiger partial charge < -0.3 is 14.4 Å². The lowest BCUT2D eigenvalue weighted by Crippen LogP contribution is -2.09. The van der Waals surface area contributed by atoms with Gasteiger partial charge in [0.05, 0.1) is 0 Å². The predicted molar refractivity (Wildman–Crippen MR) is 48.2 cm³/mol. The molecule has 0 atom stereocenters. The Morgan fingerprint density at radius 3 is 3.00 bits per heavy atom. The van der Waals surface area contributed by atoms with Crippen LogP contribution in [0.25, 0.3) is 0 Å². The highest BCUT2D eigenvalue weighted by Gasteiger charge is 2.08. The highest BCUT2D eigenvalue weighted by Crippen LogP contribution is 2.14. The van der Waals surface area contributed by atoms with E-state index in [1.54, 1.807) is 6.07 Å². The zero-order valence-corrected chi connectivity index (χ0v) is 8.19. The molecule has 1 N–H and O–H groups in total. The van der Waals surface area contributed by atoms with Gasteiger partial charge in [-0.3, -0.25) is 0 Å². The van der Waals surface area contributed by atoms with E-state index < -0.39 is 12.6 Å². The van der Waals surface area contributed by atoms with Crippen LogP contribution in [0.4, 0.5) is 0 Å². The van der Waals surface area contributed by atoms with Crippen LogP contribution >= 0.6 is 0 Å². The highest BCUT2D eigenvalue weighted by molar-refractivity contribution is 5.68. The highest BCUT2D eigenvalue weighted by atomic mass is 16.5. The second kappa shape index (κ2) is 4.64. The maximum Gasteiger partial charge on any atom is 0.341 e. The molecule has 0 saturated heterocycles. The lowest BCUT2D eigenvalue weighted by Gasteiger charge is -1.97. The lowest BCUT2D eigenvalue weighted by atomic mass is 10.1. The molecule has 1 rings (SSSR count). The normalized spacial score (nSPS) is 10.5. The van der Waals surface area contributed by atoms with Crippen molar-refractivity contribution in [1.29, 1.82) is 0 Å². The molecule has 0 aromatic carbocycles. The number of carboxylic acids is 1. The van der Waals surface area contributed by atoms with Gasteiger partial charge >= 0.3 is 5.97 Å². The van der Waals surface area contributed by atoms with Crippen LogP contribution in [0.1, 0.15) is 19.6 Å². The second-order valence-corrected chi connectivity index (χ2v) is 3.41. The van der Waals surface area contributed by atoms with E-state index in [1.165, 1.54) is 0 Å². The molecule has 0 fully saturated rings. The molecule has 0 bridgehead atoms. The number of aromatic nitrogens is 1. The van der Waals surface area contributed by atoms with Crippen LogP contribution in [0, 0.1) is 5.92 Å². The number of hydrogen-bond donors (Lipinski definition) is 1. The minimum Gasteiger partial charge on any atom is -0.479 e. The number of rotatable bonds is 5. The SMILES string of the molecule is CC(C)Cc1cc(OCC(=O)O)no1. The van der Waals surface area contributed by atoms with Gasteiger partial charge in [0.15, 0.2) is 6.61 Å². The van der Waals surface area contributed by atoms with Crippen molar-refractivity contribution in [3.05, 3.63) is 11.8 Å². The molecule has 0 aliphatic rings. The third-order valence-electron chi connectivity index (χ3n) is 1.49. The molecule has 0 unspecified atom stereocenters. The topological polar surface area (TPSA) is 72.6 Å². The van der Waals surface area contributed by atoms with Crippen LogP contribution in [0.5, 0.6) is 5.88 Å². The van der Waals surface area contributed by atoms with Crippen LogP contribution in [0.3, 0.4) is 0 Å². The minimum absolute atomic E-state index is 0.225. The van der Waals surface area contributed by atoms with Gasteiger partial charge in [0.1, 0.15) is 5.76 Å². The maximum atomic E-state index is 10.2. The summed E-state index contributed by atoms with van der Waals surface area (Å²) in [5.74, 6) is 0.372. The van der Waals surface area contributed by atoms with Gasteiger partial charge in [0.25, 0.3) is 5.88 Å². The monoisotopic (exact) mass is 199 g/mol. The van der Waals surface area contributed by atoms with Gasteiger partial charge in [-0.05, 0) is 11.1 Å². The van der Waals surface area contributed by atoms with Crippen molar-refractivity contribution in [2.75, 3.05) is 6.61 Å². The second-order valence-electron chi connectivity index (χ2n) is 3.41. The Labute approximate surface area is 81.7 Å². The first-order valence-corrected chi connectivity index (χ1v) is 4.38. The Hall–Kier alpha value is -1.52. The molecule has 0 radical (unpaired) electrons. The van der Waals surface area contributed by atoms with Gasteiger partial charge in [-0.15, -0.1) is 0 Å². The van der Waals surface area contributed by atoms with Crippen molar-refractivity contribution in [1.82, 2.24) is 5.16 Å². The fourth-order valence-electron chi connectivity index (χ4n) is 0.996. The molecule has 0 spiro atoms. The van der Waals surface area contributed by atoms with Crippen LogP contribution in [-0.4, -0.2) is 22.8 Å². The summed E-state index contributed by atoms with van der Waals surface area (Å²) >= 11 is 0. The van der Waals surface area contributed by atoms with Crippen molar-refractivity contribution in [2.24, 2.45) is 5.92 Å². The molecule has 5 heteroatoms. The van der Waals surface area contributed by atoms with Gasteiger partial charge in [-0.2, -0.15) is 0 Å². The average Bonchev–Trinajstić information content (AvgIpc) is 2.47. The number of nitrogens with zero attached hydrogens (tertiary/aromatic N) is 1. The molecule has 1 aromatic rings. The van der Waals surface area contributed by atoms with Crippen LogP contribution in [0.2, 0.25) is 0 Å². The van der Waals surface area contributed by atoms with Crippen LogP contribution in [0.15, 0.2) is 10.6 Å². The summed E-state index contributed by atoms with van der Waals surface area (Å²) in [4.78, 5) is 10.2. The summed E-state index contributed by atoms with van der Waals surface area (Å²) in [6.07, 6.45) is 0.767. The van der Waals surface area contributed by atoms with E-state index >= 15 is 0 Å². The number of carbonyl (C=O) groups is 1. The molecular formula is C9H13NO4. The van der Waals surface area contributed by atoms with Crippen LogP contribution < -0.4 is 4.74 Å². The smallest absolute Gasteiger partial charge is 0.341 e. The Kier molecular flexibility index (Phi) is 3.50. The van der Waals surface area contributed by atoms with E-state index in [4.69, 9.17) is 14.4 Å². The molecule has 0 aliphatic carbocycles. The third kappa shape index (κ3) is 3.47. The summed E-state index contributed by atoms with van der Waals surface area (Å²) in [5.41, 5.74) is 0. The summed E-state index contributed by atoms with van der Waals surface area (Å²) in [6, 6.07) is 1.61. The molecule has 0 aliphatic heterocycles. The van der Waals surface area contributed by atoms with E-state index in [-0.39, 0.29) is 5.88 Å². The van der Waals surface area contributed by atoms with Gasteiger partial charge in [0.2, 0.25) is 0 Å². The predicted octanol–water partition coefficient (Wildman–Crippen LogP) is 1.34. The van der Waals surface area contributed by atoms with Crippen molar-refractivity contribution in [2.45, 2.75) is 20.3 Å². The van der Waals surface area contributed by atoms with E-state index in [0.29, 0.717) is 11.7 Å². The summed E-state index contributed by atoms with van der Waals surface area (Å²) in [6.45, 7) is 3.72. The fraction of sp³-hybridized carbons (Fsp3) is 0.556. The first kappa shape index (κ1) is 10.6. The molecular weight excluding hydrogens is 186 g/mol.